The largest absolute Gasteiger partial charge is 0.472 e. The maximum Gasteiger partial charge on any atom is 0.472 e. The number of aliphatic hydroxyl groups is 2. The normalized spacial score (nSPS) is 14.4. The number of ether oxygens (including phenoxy) is 2. The van der Waals surface area contributed by atoms with Gasteiger partial charge in [-0.1, -0.05) is 70.4 Å². The van der Waals surface area contributed by atoms with Gasteiger partial charge in [-0.15, -0.1) is 0 Å². The molecule has 0 aromatic heterocycles. The fourth-order valence-corrected chi connectivity index (χ4v) is 4.65. The van der Waals surface area contributed by atoms with Crippen molar-refractivity contribution < 1.29 is 57.4 Å². The molecule has 0 heterocycles. The molecule has 0 aliphatic carbocycles. The number of phosphoric acid groups is 1. The van der Waals surface area contributed by atoms with E-state index in [9.17, 15) is 33.7 Å². The number of hydrogen-bond donors (Lipinski definition) is 3. The zero-order valence-corrected chi connectivity index (χ0v) is 27.0. The van der Waals surface area contributed by atoms with Crippen LogP contribution in [-0.2, 0) is 42.3 Å². The Kier molecular flexibility index (Phi) is 26.9. The third kappa shape index (κ3) is 27.3. The average Bonchev–Trinajstić information content (AvgIpc) is 3.00. The van der Waals surface area contributed by atoms with Gasteiger partial charge in [-0.25, -0.2) is 4.57 Å². The molecule has 0 rings (SSSR count). The van der Waals surface area contributed by atoms with Gasteiger partial charge in [0.1, 0.15) is 19.0 Å². The van der Waals surface area contributed by atoms with Gasteiger partial charge < -0.3 is 24.6 Å². The molecule has 254 valence electrons. The van der Waals surface area contributed by atoms with E-state index in [2.05, 4.69) is 23.6 Å². The number of aldehydes is 1. The Morgan fingerprint density at radius 1 is 0.773 bits per heavy atom. The molecule has 3 N–H and O–H groups in total. The minimum absolute atomic E-state index is 0.151. The van der Waals surface area contributed by atoms with Gasteiger partial charge in [-0.2, -0.15) is 0 Å². The zero-order chi connectivity index (χ0) is 32.9. The summed E-state index contributed by atoms with van der Waals surface area (Å²) in [7, 11) is -4.70. The second-order valence-electron chi connectivity index (χ2n) is 10.5. The fraction of sp³-hybridized carbons (Fsp3) is 0.742. The number of carbonyl (C=O) groups is 4. The molecule has 0 aromatic carbocycles. The maximum absolute atomic E-state index is 12.2. The highest BCUT2D eigenvalue weighted by molar-refractivity contribution is 7.47. The number of esters is 2. The Labute approximate surface area is 261 Å². The monoisotopic (exact) mass is 648 g/mol. The van der Waals surface area contributed by atoms with Crippen LogP contribution in [0.25, 0.3) is 0 Å². The first-order valence-electron chi connectivity index (χ1n) is 15.7. The van der Waals surface area contributed by atoms with E-state index in [4.69, 9.17) is 19.1 Å². The van der Waals surface area contributed by atoms with Crippen molar-refractivity contribution in [3.63, 3.8) is 0 Å². The van der Waals surface area contributed by atoms with E-state index < -0.39 is 64.2 Å². The topological polar surface area (TPSA) is 183 Å². The van der Waals surface area contributed by atoms with Crippen molar-refractivity contribution in [3.05, 3.63) is 24.3 Å². The Hall–Kier alpha value is -2.21. The van der Waals surface area contributed by atoms with Gasteiger partial charge in [0.2, 0.25) is 0 Å². The molecule has 0 fully saturated rings. The lowest BCUT2D eigenvalue weighted by Gasteiger charge is -2.20. The number of aliphatic hydroxyl groups excluding tert-OH is 2. The highest BCUT2D eigenvalue weighted by Crippen LogP contribution is 2.43. The lowest BCUT2D eigenvalue weighted by molar-refractivity contribution is -0.161. The van der Waals surface area contributed by atoms with Crippen molar-refractivity contribution in [1.82, 2.24) is 0 Å². The summed E-state index contributed by atoms with van der Waals surface area (Å²) in [5.74, 6) is -1.87. The predicted octanol–water partition coefficient (Wildman–Crippen LogP) is 5.07. The Morgan fingerprint density at radius 2 is 1.36 bits per heavy atom. The molecular formula is C31H53O12P. The Balaban J connectivity index is 4.40. The van der Waals surface area contributed by atoms with Crippen molar-refractivity contribution >= 4 is 31.8 Å². The highest BCUT2D eigenvalue weighted by Gasteiger charge is 2.27. The predicted molar refractivity (Wildman–Crippen MR) is 165 cm³/mol. The fourth-order valence-electron chi connectivity index (χ4n) is 3.86. The van der Waals surface area contributed by atoms with Crippen molar-refractivity contribution in [1.29, 1.82) is 0 Å². The summed E-state index contributed by atoms with van der Waals surface area (Å²) in [4.78, 5) is 56.1. The number of phosphoric ester groups is 1. The highest BCUT2D eigenvalue weighted by atomic mass is 31.2. The standard InChI is InChI=1S/C31H53O12P/c1-2-3-4-5-6-7-8-9-10-11-12-13-14-15-16-19-30(36)40-25-29(26-42-44(38,39)41-24-28(35)23-33)43-31(37)21-20-27(34)18-17-22-32/h9-10,17-18,22,28-29,33,35H,2-8,11-16,19-21,23-26H2,1H3,(H,38,39)/b10-9-,18-17+/t28-,29+/m0/s1. The van der Waals surface area contributed by atoms with Crippen LogP contribution in [0.2, 0.25) is 0 Å². The van der Waals surface area contributed by atoms with E-state index >= 15 is 0 Å². The smallest absolute Gasteiger partial charge is 0.462 e. The molecule has 0 aliphatic rings. The summed E-state index contributed by atoms with van der Waals surface area (Å²) in [5.41, 5.74) is 0. The van der Waals surface area contributed by atoms with E-state index in [0.29, 0.717) is 12.7 Å². The number of carbonyl (C=O) groups excluding carboxylic acids is 4. The lowest BCUT2D eigenvalue weighted by Crippen LogP contribution is -2.30. The molecule has 0 spiro atoms. The first-order valence-corrected chi connectivity index (χ1v) is 17.2. The Morgan fingerprint density at radius 3 is 1.98 bits per heavy atom. The van der Waals surface area contributed by atoms with E-state index in [1.165, 1.54) is 38.5 Å². The minimum Gasteiger partial charge on any atom is -0.462 e. The zero-order valence-electron chi connectivity index (χ0n) is 26.1. The molecule has 0 amide bonds. The molecule has 0 bridgehead atoms. The molecule has 1 unspecified atom stereocenters. The number of ketones is 1. The van der Waals surface area contributed by atoms with E-state index in [1.807, 2.05) is 0 Å². The number of rotatable bonds is 30. The first-order chi connectivity index (χ1) is 21.1. The summed E-state index contributed by atoms with van der Waals surface area (Å²) in [5, 5.41) is 18.1. The summed E-state index contributed by atoms with van der Waals surface area (Å²) in [6.07, 6.45) is 18.4. The van der Waals surface area contributed by atoms with Gasteiger partial charge in [-0.05, 0) is 44.3 Å². The summed E-state index contributed by atoms with van der Waals surface area (Å²) < 4.78 is 31.7. The van der Waals surface area contributed by atoms with E-state index in [-0.39, 0.29) is 19.3 Å². The summed E-state index contributed by atoms with van der Waals surface area (Å²) in [6, 6.07) is 0. The molecule has 0 saturated carbocycles. The van der Waals surface area contributed by atoms with E-state index in [1.54, 1.807) is 0 Å². The van der Waals surface area contributed by atoms with Gasteiger partial charge in [0, 0.05) is 12.8 Å². The molecule has 3 atom stereocenters. The van der Waals surface area contributed by atoms with Crippen LogP contribution in [-0.4, -0.2) is 77.7 Å². The molecule has 13 heteroatoms. The molecule has 0 saturated heterocycles. The van der Waals surface area contributed by atoms with Crippen LogP contribution >= 0.6 is 7.82 Å². The molecule has 44 heavy (non-hydrogen) atoms. The molecule has 0 radical (unpaired) electrons. The van der Waals surface area contributed by atoms with Gasteiger partial charge in [0.05, 0.1) is 26.2 Å². The second kappa shape index (κ2) is 28.3. The SMILES string of the molecule is CCCCCCCC/C=C\CCCCCCCC(=O)OC[C@H](COP(=O)(O)OC[C@@H](O)CO)OC(=O)CCC(=O)/C=C/C=O. The van der Waals surface area contributed by atoms with Gasteiger partial charge in [-0.3, -0.25) is 28.2 Å². The van der Waals surface area contributed by atoms with Crippen LogP contribution in [0.5, 0.6) is 0 Å². The third-order valence-corrected chi connectivity index (χ3v) is 7.32. The van der Waals surface area contributed by atoms with Gasteiger partial charge >= 0.3 is 19.8 Å². The number of unbranched alkanes of at least 4 members (excludes halogenated alkanes) is 11. The third-order valence-electron chi connectivity index (χ3n) is 6.37. The van der Waals surface area contributed by atoms with Crippen LogP contribution in [0.1, 0.15) is 110 Å². The van der Waals surface area contributed by atoms with Crippen LogP contribution in [0.15, 0.2) is 24.3 Å². The van der Waals surface area contributed by atoms with E-state index in [0.717, 1.165) is 50.7 Å². The van der Waals surface area contributed by atoms with Crippen molar-refractivity contribution in [2.75, 3.05) is 26.4 Å². The van der Waals surface area contributed by atoms with Crippen molar-refractivity contribution in [2.24, 2.45) is 0 Å². The van der Waals surface area contributed by atoms with Crippen molar-refractivity contribution in [2.45, 2.75) is 122 Å². The number of allylic oxidation sites excluding steroid dienone is 4. The second-order valence-corrected chi connectivity index (χ2v) is 11.9. The van der Waals surface area contributed by atoms with Gasteiger partial charge in [0.25, 0.3) is 0 Å². The maximum atomic E-state index is 12.2. The van der Waals surface area contributed by atoms with Crippen LogP contribution < -0.4 is 0 Å². The number of hydrogen-bond acceptors (Lipinski definition) is 11. The molecule has 0 aromatic rings. The first kappa shape index (κ1) is 41.8. The molecular weight excluding hydrogens is 595 g/mol. The quantitative estimate of drug-likeness (QED) is 0.0235. The van der Waals surface area contributed by atoms with Gasteiger partial charge in [0.15, 0.2) is 11.9 Å². The van der Waals surface area contributed by atoms with Crippen LogP contribution in [0.3, 0.4) is 0 Å². The minimum atomic E-state index is -4.70. The Bertz CT molecular complexity index is 889. The lowest BCUT2D eigenvalue weighted by atomic mass is 10.1. The van der Waals surface area contributed by atoms with Crippen LogP contribution in [0.4, 0.5) is 0 Å². The van der Waals surface area contributed by atoms with Crippen molar-refractivity contribution in [3.8, 4) is 0 Å². The van der Waals surface area contributed by atoms with Crippen LogP contribution in [0, 0.1) is 0 Å². The summed E-state index contributed by atoms with van der Waals surface area (Å²) >= 11 is 0. The summed E-state index contributed by atoms with van der Waals surface area (Å²) in [6.45, 7) is -0.313. The molecule has 12 nitrogen and oxygen atoms in total. The molecule has 0 aliphatic heterocycles. The average molecular weight is 649 g/mol.